The Morgan fingerprint density at radius 3 is 1.85 bits per heavy atom. The van der Waals surface area contributed by atoms with Crippen molar-refractivity contribution in [1.29, 1.82) is 0 Å². The number of nitrogens with one attached hydrogen (secondary N) is 3. The maximum absolute atomic E-state index is 12.4. The third kappa shape index (κ3) is 8.83. The van der Waals surface area contributed by atoms with Gasteiger partial charge in [-0.3, -0.25) is 19.2 Å². The van der Waals surface area contributed by atoms with E-state index in [0.717, 1.165) is 0 Å². The molecule has 4 atom stereocenters. The molecule has 10 heteroatoms. The Bertz CT molecular complexity index is 538. The Labute approximate surface area is 159 Å². The number of rotatable bonds is 11. The Kier molecular flexibility index (Phi) is 10.6. The maximum Gasteiger partial charge on any atom is 0.325 e. The average molecular weight is 388 g/mol. The zero-order chi connectivity index (χ0) is 21.3. The van der Waals surface area contributed by atoms with Crippen molar-refractivity contribution in [3.8, 4) is 0 Å². The standard InChI is InChI=1S/C17H32N4O6/c1-8(2)6-11(18)14(23)20-12(7-22)15(24)21-13(9(3)4)16(25)19-10(5)17(26)27/h8-13,22H,6-7,18H2,1-5H3,(H,19,25)(H,20,23)(H,21,24)(H,26,27). The van der Waals surface area contributed by atoms with Crippen LogP contribution in [0.5, 0.6) is 0 Å². The summed E-state index contributed by atoms with van der Waals surface area (Å²) in [7, 11) is 0. The van der Waals surface area contributed by atoms with Gasteiger partial charge in [0.2, 0.25) is 17.7 Å². The molecule has 0 spiro atoms. The van der Waals surface area contributed by atoms with E-state index in [9.17, 15) is 24.3 Å². The highest BCUT2D eigenvalue weighted by atomic mass is 16.4. The number of nitrogens with two attached hydrogens (primary N) is 1. The molecule has 0 saturated carbocycles. The SMILES string of the molecule is CC(C)CC(N)C(=O)NC(CO)C(=O)NC(C(=O)NC(C)C(=O)O)C(C)C. The largest absolute Gasteiger partial charge is 0.480 e. The molecule has 0 radical (unpaired) electrons. The molecule has 0 rings (SSSR count). The van der Waals surface area contributed by atoms with E-state index in [4.69, 9.17) is 10.8 Å². The van der Waals surface area contributed by atoms with Gasteiger partial charge in [0.1, 0.15) is 18.1 Å². The maximum atomic E-state index is 12.4. The number of aliphatic hydroxyl groups excluding tert-OH is 1. The van der Waals surface area contributed by atoms with Crippen molar-refractivity contribution in [1.82, 2.24) is 16.0 Å². The molecule has 0 aromatic carbocycles. The summed E-state index contributed by atoms with van der Waals surface area (Å²) in [6, 6.07) is -4.26. The van der Waals surface area contributed by atoms with Crippen LogP contribution in [0.25, 0.3) is 0 Å². The summed E-state index contributed by atoms with van der Waals surface area (Å²) < 4.78 is 0. The predicted octanol–water partition coefficient (Wildman–Crippen LogP) is -1.43. The minimum atomic E-state index is -1.28. The smallest absolute Gasteiger partial charge is 0.325 e. The van der Waals surface area contributed by atoms with Gasteiger partial charge in [-0.25, -0.2) is 0 Å². The first kappa shape index (κ1) is 24.8. The van der Waals surface area contributed by atoms with Crippen molar-refractivity contribution < 1.29 is 29.4 Å². The highest BCUT2D eigenvalue weighted by Gasteiger charge is 2.30. The molecule has 0 heterocycles. The number of aliphatic hydroxyl groups is 1. The summed E-state index contributed by atoms with van der Waals surface area (Å²) in [6.45, 7) is 7.75. The van der Waals surface area contributed by atoms with Crippen LogP contribution >= 0.6 is 0 Å². The third-order valence-corrected chi connectivity index (χ3v) is 3.85. The van der Waals surface area contributed by atoms with Gasteiger partial charge in [0.25, 0.3) is 0 Å². The minimum absolute atomic E-state index is 0.178. The number of aliphatic carboxylic acids is 1. The lowest BCUT2D eigenvalue weighted by molar-refractivity contribution is -0.142. The number of amides is 3. The van der Waals surface area contributed by atoms with E-state index >= 15 is 0 Å². The van der Waals surface area contributed by atoms with E-state index in [0.29, 0.717) is 6.42 Å². The quantitative estimate of drug-likeness (QED) is 0.252. The highest BCUT2D eigenvalue weighted by Crippen LogP contribution is 2.05. The summed E-state index contributed by atoms with van der Waals surface area (Å²) in [6.07, 6.45) is 0.412. The van der Waals surface area contributed by atoms with Gasteiger partial charge in [0.15, 0.2) is 0 Å². The van der Waals surface area contributed by atoms with Crippen LogP contribution in [0.1, 0.15) is 41.0 Å². The van der Waals surface area contributed by atoms with E-state index in [-0.39, 0.29) is 11.8 Å². The normalized spacial score (nSPS) is 15.6. The first-order valence-electron chi connectivity index (χ1n) is 8.91. The van der Waals surface area contributed by atoms with Crippen molar-refractivity contribution in [3.05, 3.63) is 0 Å². The molecule has 7 N–H and O–H groups in total. The molecular weight excluding hydrogens is 356 g/mol. The van der Waals surface area contributed by atoms with Crippen LogP contribution in [0.2, 0.25) is 0 Å². The first-order chi connectivity index (χ1) is 12.4. The van der Waals surface area contributed by atoms with Crippen LogP contribution < -0.4 is 21.7 Å². The van der Waals surface area contributed by atoms with E-state index in [2.05, 4.69) is 16.0 Å². The van der Waals surface area contributed by atoms with Crippen molar-refractivity contribution in [2.45, 2.75) is 65.2 Å². The number of hydrogen-bond acceptors (Lipinski definition) is 6. The summed E-state index contributed by atoms with van der Waals surface area (Å²) >= 11 is 0. The molecule has 0 aliphatic carbocycles. The fraction of sp³-hybridized carbons (Fsp3) is 0.765. The average Bonchev–Trinajstić information content (AvgIpc) is 2.55. The highest BCUT2D eigenvalue weighted by molar-refractivity contribution is 5.94. The van der Waals surface area contributed by atoms with Crippen molar-refractivity contribution in [2.75, 3.05) is 6.61 Å². The monoisotopic (exact) mass is 388 g/mol. The van der Waals surface area contributed by atoms with Crippen molar-refractivity contribution in [3.63, 3.8) is 0 Å². The molecule has 27 heavy (non-hydrogen) atoms. The second-order valence-electron chi connectivity index (χ2n) is 7.28. The molecule has 0 aliphatic heterocycles. The zero-order valence-corrected chi connectivity index (χ0v) is 16.5. The van der Waals surface area contributed by atoms with Crippen LogP contribution in [0, 0.1) is 11.8 Å². The number of hydrogen-bond donors (Lipinski definition) is 6. The van der Waals surface area contributed by atoms with Gasteiger partial charge in [-0.2, -0.15) is 0 Å². The van der Waals surface area contributed by atoms with E-state index in [1.807, 2.05) is 13.8 Å². The van der Waals surface area contributed by atoms with Crippen LogP contribution in [0.3, 0.4) is 0 Å². The fourth-order valence-corrected chi connectivity index (χ4v) is 2.24. The van der Waals surface area contributed by atoms with Crippen LogP contribution in [-0.4, -0.2) is 64.7 Å². The molecule has 0 fully saturated rings. The summed E-state index contributed by atoms with van der Waals surface area (Å²) in [4.78, 5) is 47.5. The molecule has 0 aliphatic rings. The Morgan fingerprint density at radius 2 is 1.44 bits per heavy atom. The molecule has 156 valence electrons. The minimum Gasteiger partial charge on any atom is -0.480 e. The molecule has 4 unspecified atom stereocenters. The van der Waals surface area contributed by atoms with Gasteiger partial charge in [-0.1, -0.05) is 27.7 Å². The van der Waals surface area contributed by atoms with Gasteiger partial charge in [-0.05, 0) is 25.2 Å². The summed E-state index contributed by atoms with van der Waals surface area (Å²) in [5.41, 5.74) is 5.76. The molecule has 0 aromatic heterocycles. The fourth-order valence-electron chi connectivity index (χ4n) is 2.24. The Hall–Kier alpha value is -2.20. The van der Waals surface area contributed by atoms with E-state index < -0.39 is 54.5 Å². The van der Waals surface area contributed by atoms with Gasteiger partial charge >= 0.3 is 5.97 Å². The van der Waals surface area contributed by atoms with Crippen LogP contribution in [-0.2, 0) is 19.2 Å². The molecular formula is C17H32N4O6. The number of carbonyl (C=O) groups excluding carboxylic acids is 3. The van der Waals surface area contributed by atoms with Gasteiger partial charge < -0.3 is 31.9 Å². The molecule has 10 nitrogen and oxygen atoms in total. The Morgan fingerprint density at radius 1 is 0.889 bits per heavy atom. The van der Waals surface area contributed by atoms with Gasteiger partial charge in [0, 0.05) is 0 Å². The Balaban J connectivity index is 5.00. The predicted molar refractivity (Wildman–Crippen MR) is 98.5 cm³/mol. The number of carboxylic acids is 1. The summed E-state index contributed by atoms with van der Waals surface area (Å²) in [5, 5.41) is 25.4. The van der Waals surface area contributed by atoms with Crippen molar-refractivity contribution >= 4 is 23.7 Å². The summed E-state index contributed by atoms with van der Waals surface area (Å²) in [5.74, 6) is -3.41. The molecule has 0 saturated heterocycles. The molecule has 0 bridgehead atoms. The lowest BCUT2D eigenvalue weighted by Crippen LogP contribution is -2.59. The molecule has 3 amide bonds. The van der Waals surface area contributed by atoms with Gasteiger partial charge in [-0.15, -0.1) is 0 Å². The topological polar surface area (TPSA) is 171 Å². The van der Waals surface area contributed by atoms with Crippen LogP contribution in [0.4, 0.5) is 0 Å². The van der Waals surface area contributed by atoms with Gasteiger partial charge in [0.05, 0.1) is 12.6 Å². The lowest BCUT2D eigenvalue weighted by Gasteiger charge is -2.26. The van der Waals surface area contributed by atoms with Crippen molar-refractivity contribution in [2.24, 2.45) is 17.6 Å². The zero-order valence-electron chi connectivity index (χ0n) is 16.5. The number of carboxylic acid groups (broad SMARTS) is 1. The first-order valence-corrected chi connectivity index (χ1v) is 8.91. The van der Waals surface area contributed by atoms with E-state index in [1.165, 1.54) is 6.92 Å². The van der Waals surface area contributed by atoms with E-state index in [1.54, 1.807) is 13.8 Å². The second-order valence-corrected chi connectivity index (χ2v) is 7.28. The van der Waals surface area contributed by atoms with Crippen LogP contribution in [0.15, 0.2) is 0 Å². The lowest BCUT2D eigenvalue weighted by atomic mass is 10.0. The molecule has 0 aromatic rings. The third-order valence-electron chi connectivity index (χ3n) is 3.85. The second kappa shape index (κ2) is 11.5. The number of carbonyl (C=O) groups is 4.